The van der Waals surface area contributed by atoms with Crippen LogP contribution >= 0.6 is 13.5 Å². The Morgan fingerprint density at radius 1 is 0.400 bits per heavy atom. The summed E-state index contributed by atoms with van der Waals surface area (Å²) in [5.41, 5.74) is 3.51. The molecule has 3 aromatic carbocycles. The summed E-state index contributed by atoms with van der Waals surface area (Å²) in [6.45, 7) is 5.96. The van der Waals surface area contributed by atoms with Gasteiger partial charge in [-0.15, -0.1) is 0 Å². The van der Waals surface area contributed by atoms with E-state index in [1.807, 2.05) is 57.2 Å². The zero-order valence-corrected chi connectivity index (χ0v) is 15.8. The molecule has 25 heavy (non-hydrogen) atoms. The van der Waals surface area contributed by atoms with Gasteiger partial charge < -0.3 is 15.3 Å². The first-order valence-electron chi connectivity index (χ1n) is 7.63. The predicted octanol–water partition coefficient (Wildman–Crippen LogP) is 5.21. The highest BCUT2D eigenvalue weighted by molar-refractivity contribution is 7.59. The van der Waals surface area contributed by atoms with E-state index in [9.17, 15) is 0 Å². The molecule has 3 aromatic rings. The van der Waals surface area contributed by atoms with E-state index >= 15 is 0 Å². The van der Waals surface area contributed by atoms with Crippen molar-refractivity contribution in [2.75, 3.05) is 0 Å². The third-order valence-corrected chi connectivity index (χ3v) is 3.10. The van der Waals surface area contributed by atoms with E-state index in [1.165, 1.54) is 16.7 Å². The van der Waals surface area contributed by atoms with Gasteiger partial charge in [-0.1, -0.05) is 53.1 Å². The minimum atomic E-state index is 0. The van der Waals surface area contributed by atoms with Gasteiger partial charge in [-0.3, -0.25) is 0 Å². The molecule has 4 heteroatoms. The number of hydrogen-bond acceptors (Lipinski definition) is 3. The van der Waals surface area contributed by atoms with Gasteiger partial charge in [-0.2, -0.15) is 13.5 Å². The Bertz CT molecular complexity index is 539. The molecule has 0 bridgehead atoms. The highest BCUT2D eigenvalue weighted by Gasteiger charge is 1.83. The molecule has 0 saturated carbocycles. The van der Waals surface area contributed by atoms with Crippen LogP contribution in [0.5, 0.6) is 17.2 Å². The molecule has 0 aliphatic rings. The highest BCUT2D eigenvalue weighted by atomic mass is 32.1. The SMILES string of the molecule is Cc1ccc(O)cc1.Cc1ccc(O)cc1.Cc1ccc(O)cc1.S. The summed E-state index contributed by atoms with van der Waals surface area (Å²) in [5.74, 6) is 0.988. The van der Waals surface area contributed by atoms with Crippen LogP contribution in [0.25, 0.3) is 0 Å². The van der Waals surface area contributed by atoms with E-state index in [0.717, 1.165) is 0 Å². The summed E-state index contributed by atoms with van der Waals surface area (Å²) in [6.07, 6.45) is 0. The average molecular weight is 359 g/mol. The molecule has 0 saturated heterocycles. The van der Waals surface area contributed by atoms with Gasteiger partial charge in [-0.05, 0) is 57.2 Å². The van der Waals surface area contributed by atoms with Gasteiger partial charge in [0, 0.05) is 0 Å². The van der Waals surface area contributed by atoms with Gasteiger partial charge in [0.2, 0.25) is 0 Å². The van der Waals surface area contributed by atoms with Crippen molar-refractivity contribution in [2.24, 2.45) is 0 Å². The minimum absolute atomic E-state index is 0. The first-order chi connectivity index (χ1) is 11.4. The fourth-order valence-electron chi connectivity index (χ4n) is 1.63. The topological polar surface area (TPSA) is 60.7 Å². The Morgan fingerprint density at radius 3 is 0.680 bits per heavy atom. The van der Waals surface area contributed by atoms with Crippen molar-refractivity contribution in [3.63, 3.8) is 0 Å². The van der Waals surface area contributed by atoms with E-state index in [2.05, 4.69) is 0 Å². The molecule has 3 rings (SSSR count). The van der Waals surface area contributed by atoms with Crippen LogP contribution in [0.2, 0.25) is 0 Å². The number of phenols is 3. The van der Waals surface area contributed by atoms with Crippen molar-refractivity contribution in [2.45, 2.75) is 20.8 Å². The van der Waals surface area contributed by atoms with Crippen LogP contribution in [0.4, 0.5) is 0 Å². The monoisotopic (exact) mass is 358 g/mol. The van der Waals surface area contributed by atoms with Crippen LogP contribution in [0, 0.1) is 20.8 Å². The number of aromatic hydroxyl groups is 3. The standard InChI is InChI=1S/3C7H8O.H2S/c3*1-6-2-4-7(8)5-3-6;/h3*2-5,8H,1H3;1H2. The third kappa shape index (κ3) is 10.7. The van der Waals surface area contributed by atoms with Crippen LogP contribution in [-0.2, 0) is 0 Å². The zero-order chi connectivity index (χ0) is 17.9. The molecular formula is C21H26O3S. The maximum absolute atomic E-state index is 8.76. The zero-order valence-electron chi connectivity index (χ0n) is 14.8. The van der Waals surface area contributed by atoms with E-state index in [-0.39, 0.29) is 13.5 Å². The summed E-state index contributed by atoms with van der Waals surface area (Å²) in [4.78, 5) is 0. The summed E-state index contributed by atoms with van der Waals surface area (Å²) in [5, 5.41) is 26.3. The van der Waals surface area contributed by atoms with Crippen molar-refractivity contribution in [3.05, 3.63) is 89.5 Å². The van der Waals surface area contributed by atoms with Crippen molar-refractivity contribution < 1.29 is 15.3 Å². The van der Waals surface area contributed by atoms with Gasteiger partial charge in [0.15, 0.2) is 0 Å². The first-order valence-corrected chi connectivity index (χ1v) is 7.63. The largest absolute Gasteiger partial charge is 0.508 e. The first kappa shape index (κ1) is 22.4. The Morgan fingerprint density at radius 2 is 0.560 bits per heavy atom. The summed E-state index contributed by atoms with van der Waals surface area (Å²) < 4.78 is 0. The van der Waals surface area contributed by atoms with E-state index in [1.54, 1.807) is 36.4 Å². The van der Waals surface area contributed by atoms with Crippen LogP contribution in [0.15, 0.2) is 72.8 Å². The predicted molar refractivity (Wildman–Crippen MR) is 109 cm³/mol. The Balaban J connectivity index is 0.000000339. The molecule has 134 valence electrons. The molecule has 0 unspecified atom stereocenters. The fourth-order valence-corrected chi connectivity index (χ4v) is 1.63. The third-order valence-electron chi connectivity index (χ3n) is 3.10. The van der Waals surface area contributed by atoms with Gasteiger partial charge in [0.1, 0.15) is 17.2 Å². The molecule has 0 aliphatic carbocycles. The number of aryl methyl sites for hydroxylation is 3. The van der Waals surface area contributed by atoms with E-state index in [4.69, 9.17) is 15.3 Å². The highest BCUT2D eigenvalue weighted by Crippen LogP contribution is 2.08. The normalized spacial score (nSPS) is 8.76. The van der Waals surface area contributed by atoms with E-state index in [0.29, 0.717) is 17.2 Å². The van der Waals surface area contributed by atoms with Crippen molar-refractivity contribution >= 4 is 13.5 Å². The van der Waals surface area contributed by atoms with Gasteiger partial charge in [0.05, 0.1) is 0 Å². The fraction of sp³-hybridized carbons (Fsp3) is 0.143. The maximum atomic E-state index is 8.76. The molecule has 0 radical (unpaired) electrons. The lowest BCUT2D eigenvalue weighted by molar-refractivity contribution is 0.474. The van der Waals surface area contributed by atoms with Crippen molar-refractivity contribution in [1.82, 2.24) is 0 Å². The van der Waals surface area contributed by atoms with Crippen LogP contribution in [0.3, 0.4) is 0 Å². The van der Waals surface area contributed by atoms with Crippen LogP contribution in [0.1, 0.15) is 16.7 Å². The van der Waals surface area contributed by atoms with Crippen molar-refractivity contribution in [3.8, 4) is 17.2 Å². The molecule has 3 nitrogen and oxygen atoms in total. The summed E-state index contributed by atoms with van der Waals surface area (Å²) in [7, 11) is 0. The second-order valence-corrected chi connectivity index (χ2v) is 5.51. The van der Waals surface area contributed by atoms with Crippen molar-refractivity contribution in [1.29, 1.82) is 0 Å². The lowest BCUT2D eigenvalue weighted by Gasteiger charge is -1.89. The molecule has 3 N–H and O–H groups in total. The molecule has 0 amide bonds. The second-order valence-electron chi connectivity index (χ2n) is 5.51. The number of rotatable bonds is 0. The van der Waals surface area contributed by atoms with Crippen LogP contribution < -0.4 is 0 Å². The molecular weight excluding hydrogens is 332 g/mol. The molecule has 0 heterocycles. The molecule has 0 spiro atoms. The number of benzene rings is 3. The summed E-state index contributed by atoms with van der Waals surface area (Å²) >= 11 is 0. The quantitative estimate of drug-likeness (QED) is 0.517. The van der Waals surface area contributed by atoms with Crippen LogP contribution in [-0.4, -0.2) is 15.3 Å². The Labute approximate surface area is 156 Å². The van der Waals surface area contributed by atoms with Gasteiger partial charge in [-0.25, -0.2) is 0 Å². The summed E-state index contributed by atoms with van der Waals surface area (Å²) in [6, 6.07) is 21.3. The molecule has 0 fully saturated rings. The second kappa shape index (κ2) is 11.9. The molecule has 0 atom stereocenters. The lowest BCUT2D eigenvalue weighted by atomic mass is 10.2. The number of hydrogen-bond donors (Lipinski definition) is 3. The minimum Gasteiger partial charge on any atom is -0.508 e. The Kier molecular flexibility index (Phi) is 10.6. The smallest absolute Gasteiger partial charge is 0.115 e. The Hall–Kier alpha value is -2.59. The van der Waals surface area contributed by atoms with Gasteiger partial charge in [0.25, 0.3) is 0 Å². The maximum Gasteiger partial charge on any atom is 0.115 e. The lowest BCUT2D eigenvalue weighted by Crippen LogP contribution is -1.66. The average Bonchev–Trinajstić information content (AvgIpc) is 2.57. The number of phenolic OH excluding ortho intramolecular Hbond substituents is 3. The van der Waals surface area contributed by atoms with E-state index < -0.39 is 0 Å². The van der Waals surface area contributed by atoms with Gasteiger partial charge >= 0.3 is 0 Å². The molecule has 0 aliphatic heterocycles. The molecule has 0 aromatic heterocycles.